The van der Waals surface area contributed by atoms with E-state index in [2.05, 4.69) is 5.10 Å². The second-order valence-electron chi connectivity index (χ2n) is 6.32. The fraction of sp³-hybridized carbons (Fsp3) is 0.222. The number of carboxylic acids is 1. The van der Waals surface area contributed by atoms with Gasteiger partial charge in [0.15, 0.2) is 6.10 Å². The molecule has 0 unspecified atom stereocenters. The van der Waals surface area contributed by atoms with Crippen LogP contribution >= 0.6 is 23.2 Å². The average Bonchev–Trinajstić information content (AvgIpc) is 3.33. The van der Waals surface area contributed by atoms with E-state index in [1.807, 2.05) is 0 Å². The Bertz CT molecular complexity index is 1100. The van der Waals surface area contributed by atoms with Crippen LogP contribution in [0.15, 0.2) is 36.4 Å². The van der Waals surface area contributed by atoms with Gasteiger partial charge in [0.1, 0.15) is 11.8 Å². The molecule has 146 valence electrons. The highest BCUT2D eigenvalue weighted by atomic mass is 35.5. The van der Waals surface area contributed by atoms with E-state index in [1.54, 1.807) is 12.1 Å². The minimum Gasteiger partial charge on any atom is -0.479 e. The molecule has 1 fully saturated rings. The summed E-state index contributed by atoms with van der Waals surface area (Å²) in [4.78, 5) is 11.1. The summed E-state index contributed by atoms with van der Waals surface area (Å²) in [6.45, 7) is 0.0816. The monoisotopic (exact) mass is 430 g/mol. The Labute approximate surface area is 166 Å². The first kappa shape index (κ1) is 19.0. The van der Waals surface area contributed by atoms with Crippen molar-refractivity contribution in [3.05, 3.63) is 63.3 Å². The smallest absolute Gasteiger partial charge is 0.416 e. The number of fused-ring (bicyclic) bond motifs is 1. The Morgan fingerprint density at radius 3 is 2.57 bits per heavy atom. The number of carboxylic acid groups (broad SMARTS) is 1. The molecule has 2 aromatic carbocycles. The first-order chi connectivity index (χ1) is 13.1. The number of rotatable bonds is 4. The molecule has 2 heterocycles. The van der Waals surface area contributed by atoms with E-state index in [1.165, 1.54) is 16.8 Å². The maximum Gasteiger partial charge on any atom is 0.416 e. The highest BCUT2D eigenvalue weighted by Crippen LogP contribution is 2.42. The third-order valence-corrected chi connectivity index (χ3v) is 5.03. The summed E-state index contributed by atoms with van der Waals surface area (Å²) in [5.41, 5.74) is 0.254. The van der Waals surface area contributed by atoms with E-state index < -0.39 is 29.9 Å². The van der Waals surface area contributed by atoms with E-state index in [4.69, 9.17) is 33.0 Å². The minimum absolute atomic E-state index is 0.0816. The van der Waals surface area contributed by atoms with Crippen LogP contribution in [-0.2, 0) is 22.3 Å². The van der Waals surface area contributed by atoms with Crippen LogP contribution in [-0.4, -0.2) is 27.0 Å². The van der Waals surface area contributed by atoms with E-state index in [9.17, 15) is 18.0 Å². The van der Waals surface area contributed by atoms with Gasteiger partial charge in [-0.1, -0.05) is 35.3 Å². The van der Waals surface area contributed by atoms with Gasteiger partial charge in [-0.3, -0.25) is 4.68 Å². The number of alkyl halides is 3. The molecule has 0 aliphatic carbocycles. The molecular formula is C18H11Cl2F3N2O3. The molecule has 28 heavy (non-hydrogen) atoms. The summed E-state index contributed by atoms with van der Waals surface area (Å²) in [6.07, 6.45) is -6.40. The SMILES string of the molecule is O=C(O)[C@@H]1O[C@@H]1c1nn(Cc2ccc(Cl)cc2Cl)c2cc(C(F)(F)F)ccc12. The molecule has 2 atom stereocenters. The maximum absolute atomic E-state index is 13.2. The predicted molar refractivity (Wildman–Crippen MR) is 95.5 cm³/mol. The van der Waals surface area contributed by atoms with Gasteiger partial charge in [0, 0.05) is 15.4 Å². The molecule has 0 spiro atoms. The van der Waals surface area contributed by atoms with Crippen LogP contribution in [0.2, 0.25) is 10.0 Å². The van der Waals surface area contributed by atoms with Gasteiger partial charge in [-0.05, 0) is 29.8 Å². The normalized spacial score (nSPS) is 19.2. The summed E-state index contributed by atoms with van der Waals surface area (Å²) in [6, 6.07) is 7.98. The molecule has 5 nitrogen and oxygen atoms in total. The number of epoxide rings is 1. The standard InChI is InChI=1S/C18H11Cl2F3N2O3/c19-10-3-1-8(12(20)6-10)7-25-13-5-9(18(21,22)23)2-4-11(13)14(24-25)15-16(28-15)17(26)27/h1-6,15-16H,7H2,(H,26,27)/t15-,16-/m1/s1. The van der Waals surface area contributed by atoms with E-state index >= 15 is 0 Å². The van der Waals surface area contributed by atoms with Crippen LogP contribution in [0.25, 0.3) is 10.9 Å². The van der Waals surface area contributed by atoms with Crippen molar-refractivity contribution in [2.75, 3.05) is 0 Å². The van der Waals surface area contributed by atoms with E-state index in [-0.39, 0.29) is 17.8 Å². The Morgan fingerprint density at radius 2 is 1.96 bits per heavy atom. The Hall–Kier alpha value is -2.29. The molecular weight excluding hydrogens is 420 g/mol. The van der Waals surface area contributed by atoms with Gasteiger partial charge in [-0.2, -0.15) is 18.3 Å². The van der Waals surface area contributed by atoms with Crippen molar-refractivity contribution in [1.29, 1.82) is 0 Å². The van der Waals surface area contributed by atoms with Crippen LogP contribution in [0.3, 0.4) is 0 Å². The number of aromatic nitrogens is 2. The van der Waals surface area contributed by atoms with Crippen molar-refractivity contribution in [2.24, 2.45) is 0 Å². The average molecular weight is 431 g/mol. The summed E-state index contributed by atoms with van der Waals surface area (Å²) >= 11 is 12.1. The van der Waals surface area contributed by atoms with Crippen LogP contribution in [0.5, 0.6) is 0 Å². The van der Waals surface area contributed by atoms with Crippen molar-refractivity contribution in [2.45, 2.75) is 24.9 Å². The molecule has 0 saturated carbocycles. The van der Waals surface area contributed by atoms with Crippen molar-refractivity contribution in [3.63, 3.8) is 0 Å². The molecule has 3 aromatic rings. The van der Waals surface area contributed by atoms with Crippen LogP contribution in [0.1, 0.15) is 22.9 Å². The fourth-order valence-corrected chi connectivity index (χ4v) is 3.49. The molecule has 1 aromatic heterocycles. The second kappa shape index (κ2) is 6.65. The van der Waals surface area contributed by atoms with Crippen LogP contribution in [0.4, 0.5) is 13.2 Å². The van der Waals surface area contributed by atoms with Gasteiger partial charge >= 0.3 is 12.1 Å². The zero-order valence-corrected chi connectivity index (χ0v) is 15.4. The third kappa shape index (κ3) is 3.43. The summed E-state index contributed by atoms with van der Waals surface area (Å²) in [5, 5.41) is 14.6. The predicted octanol–water partition coefficient (Wildman–Crippen LogP) is 4.93. The first-order valence-corrected chi connectivity index (χ1v) is 8.80. The lowest BCUT2D eigenvalue weighted by Crippen LogP contribution is -2.07. The molecule has 1 saturated heterocycles. The number of carbonyl (C=O) groups is 1. The minimum atomic E-state index is -4.53. The quantitative estimate of drug-likeness (QED) is 0.595. The van der Waals surface area contributed by atoms with Crippen molar-refractivity contribution in [1.82, 2.24) is 9.78 Å². The zero-order chi connectivity index (χ0) is 20.2. The molecule has 1 aliphatic heterocycles. The van der Waals surface area contributed by atoms with E-state index in [0.717, 1.165) is 12.1 Å². The molecule has 1 N–H and O–H groups in total. The fourth-order valence-electron chi connectivity index (χ4n) is 3.03. The van der Waals surface area contributed by atoms with Crippen molar-refractivity contribution < 1.29 is 27.8 Å². The van der Waals surface area contributed by atoms with Gasteiger partial charge in [-0.25, -0.2) is 4.79 Å². The molecule has 0 radical (unpaired) electrons. The number of hydrogen-bond donors (Lipinski definition) is 1. The van der Waals surface area contributed by atoms with Crippen molar-refractivity contribution in [3.8, 4) is 0 Å². The maximum atomic E-state index is 13.2. The largest absolute Gasteiger partial charge is 0.479 e. The van der Waals surface area contributed by atoms with Gasteiger partial charge in [0.05, 0.1) is 17.6 Å². The van der Waals surface area contributed by atoms with Gasteiger partial charge < -0.3 is 9.84 Å². The molecule has 10 heteroatoms. The summed E-state index contributed by atoms with van der Waals surface area (Å²) < 4.78 is 46.0. The Balaban J connectivity index is 1.82. The van der Waals surface area contributed by atoms with Gasteiger partial charge in [0.25, 0.3) is 0 Å². The molecule has 1 aliphatic rings. The Kier molecular flexibility index (Phi) is 4.52. The highest BCUT2D eigenvalue weighted by Gasteiger charge is 2.49. The van der Waals surface area contributed by atoms with Crippen molar-refractivity contribution >= 4 is 40.1 Å². The highest BCUT2D eigenvalue weighted by molar-refractivity contribution is 6.35. The lowest BCUT2D eigenvalue weighted by Gasteiger charge is -2.09. The molecule has 0 bridgehead atoms. The summed E-state index contributed by atoms with van der Waals surface area (Å²) in [7, 11) is 0. The lowest BCUT2D eigenvalue weighted by atomic mass is 10.1. The molecule has 4 rings (SSSR count). The third-order valence-electron chi connectivity index (χ3n) is 4.45. The zero-order valence-electron chi connectivity index (χ0n) is 13.9. The number of hydrogen-bond acceptors (Lipinski definition) is 3. The molecule has 0 amide bonds. The first-order valence-electron chi connectivity index (χ1n) is 8.05. The number of nitrogens with zero attached hydrogens (tertiary/aromatic N) is 2. The number of ether oxygens (including phenoxy) is 1. The van der Waals surface area contributed by atoms with E-state index in [0.29, 0.717) is 21.0 Å². The van der Waals surface area contributed by atoms with Crippen LogP contribution in [0, 0.1) is 0 Å². The lowest BCUT2D eigenvalue weighted by molar-refractivity contribution is -0.138. The number of halogens is 5. The van der Waals surface area contributed by atoms with Gasteiger partial charge in [0.2, 0.25) is 0 Å². The van der Waals surface area contributed by atoms with Crippen LogP contribution < -0.4 is 0 Å². The van der Waals surface area contributed by atoms with Gasteiger partial charge in [-0.15, -0.1) is 0 Å². The Morgan fingerprint density at radius 1 is 1.21 bits per heavy atom. The number of benzene rings is 2. The topological polar surface area (TPSA) is 67.7 Å². The second-order valence-corrected chi connectivity index (χ2v) is 7.17. The summed E-state index contributed by atoms with van der Waals surface area (Å²) in [5.74, 6) is -1.15. The number of aliphatic carboxylic acids is 1.